The van der Waals surface area contributed by atoms with Crippen LogP contribution in [0.5, 0.6) is 0 Å². The molecule has 1 aliphatic rings. The van der Waals surface area contributed by atoms with Crippen molar-refractivity contribution in [3.63, 3.8) is 0 Å². The van der Waals surface area contributed by atoms with Crippen LogP contribution in [0.1, 0.15) is 39.2 Å². The fraction of sp³-hybridized carbons (Fsp3) is 0.562. The standard InChI is InChI=1S/C16H24N2O2/c1-16(2,3)20-15(19)18(13-8-9-13)11-10-12-6-4-5-7-14(12)17/h4-7,13H,8-11,17H2,1-3H3. The molecular weight excluding hydrogens is 252 g/mol. The van der Waals surface area contributed by atoms with Crippen molar-refractivity contribution in [3.05, 3.63) is 29.8 Å². The number of nitrogens with zero attached hydrogens (tertiary/aromatic N) is 1. The van der Waals surface area contributed by atoms with Crippen molar-refractivity contribution in [2.24, 2.45) is 0 Å². The number of carbonyl (C=O) groups is 1. The molecule has 0 radical (unpaired) electrons. The molecule has 0 spiro atoms. The minimum atomic E-state index is -0.448. The van der Waals surface area contributed by atoms with Gasteiger partial charge >= 0.3 is 6.09 Å². The molecular formula is C16H24N2O2. The number of amides is 1. The first-order valence-corrected chi connectivity index (χ1v) is 7.20. The Bertz CT molecular complexity index is 476. The summed E-state index contributed by atoms with van der Waals surface area (Å²) < 4.78 is 5.48. The summed E-state index contributed by atoms with van der Waals surface area (Å²) in [5, 5.41) is 0. The monoisotopic (exact) mass is 276 g/mol. The predicted octanol–water partition coefficient (Wildman–Crippen LogP) is 3.21. The van der Waals surface area contributed by atoms with E-state index in [2.05, 4.69) is 0 Å². The van der Waals surface area contributed by atoms with E-state index < -0.39 is 5.60 Å². The lowest BCUT2D eigenvalue weighted by atomic mass is 10.1. The molecule has 1 amide bonds. The molecule has 1 fully saturated rings. The summed E-state index contributed by atoms with van der Waals surface area (Å²) >= 11 is 0. The van der Waals surface area contributed by atoms with Crippen molar-refractivity contribution >= 4 is 11.8 Å². The summed E-state index contributed by atoms with van der Waals surface area (Å²) in [5.74, 6) is 0. The van der Waals surface area contributed by atoms with Crippen LogP contribution in [0.2, 0.25) is 0 Å². The number of nitrogen functional groups attached to an aromatic ring is 1. The van der Waals surface area contributed by atoms with Crippen molar-refractivity contribution < 1.29 is 9.53 Å². The zero-order valence-corrected chi connectivity index (χ0v) is 12.6. The Hall–Kier alpha value is -1.71. The summed E-state index contributed by atoms with van der Waals surface area (Å²) in [7, 11) is 0. The first kappa shape index (κ1) is 14.7. The molecule has 0 heterocycles. The summed E-state index contributed by atoms with van der Waals surface area (Å²) in [6, 6.07) is 8.14. The Morgan fingerprint density at radius 2 is 2.00 bits per heavy atom. The highest BCUT2D eigenvalue weighted by molar-refractivity contribution is 5.69. The van der Waals surface area contributed by atoms with E-state index in [4.69, 9.17) is 10.5 Å². The predicted molar refractivity (Wildman–Crippen MR) is 80.5 cm³/mol. The van der Waals surface area contributed by atoms with Crippen LogP contribution in [0.3, 0.4) is 0 Å². The Balaban J connectivity index is 1.96. The molecule has 0 aromatic heterocycles. The maximum absolute atomic E-state index is 12.2. The maximum Gasteiger partial charge on any atom is 0.410 e. The SMILES string of the molecule is CC(C)(C)OC(=O)N(CCc1ccccc1N)C1CC1. The molecule has 0 saturated heterocycles. The summed E-state index contributed by atoms with van der Waals surface area (Å²) in [5.41, 5.74) is 7.36. The average molecular weight is 276 g/mol. The van der Waals surface area contributed by atoms with Crippen molar-refractivity contribution in [1.29, 1.82) is 0 Å². The molecule has 0 aliphatic heterocycles. The van der Waals surface area contributed by atoms with E-state index in [9.17, 15) is 4.79 Å². The largest absolute Gasteiger partial charge is 0.444 e. The maximum atomic E-state index is 12.2. The molecule has 1 saturated carbocycles. The van der Waals surface area contributed by atoms with Gasteiger partial charge in [-0.15, -0.1) is 0 Å². The molecule has 2 rings (SSSR count). The van der Waals surface area contributed by atoms with Gasteiger partial charge in [0.15, 0.2) is 0 Å². The summed E-state index contributed by atoms with van der Waals surface area (Å²) in [6.45, 7) is 6.34. The molecule has 110 valence electrons. The number of hydrogen-bond donors (Lipinski definition) is 1. The van der Waals surface area contributed by atoms with Crippen molar-refractivity contribution in [2.75, 3.05) is 12.3 Å². The van der Waals surface area contributed by atoms with Gasteiger partial charge in [0.25, 0.3) is 0 Å². The number of ether oxygens (including phenoxy) is 1. The van der Waals surface area contributed by atoms with Crippen LogP contribution in [0.15, 0.2) is 24.3 Å². The first-order chi connectivity index (χ1) is 9.37. The highest BCUT2D eigenvalue weighted by Crippen LogP contribution is 2.28. The van der Waals surface area contributed by atoms with E-state index in [0.717, 1.165) is 30.5 Å². The fourth-order valence-corrected chi connectivity index (χ4v) is 2.13. The molecule has 20 heavy (non-hydrogen) atoms. The third-order valence-electron chi connectivity index (χ3n) is 3.29. The molecule has 4 heteroatoms. The minimum absolute atomic E-state index is 0.213. The lowest BCUT2D eigenvalue weighted by molar-refractivity contribution is 0.0236. The van der Waals surface area contributed by atoms with Gasteiger partial charge in [-0.2, -0.15) is 0 Å². The van der Waals surface area contributed by atoms with Crippen LogP contribution < -0.4 is 5.73 Å². The van der Waals surface area contributed by atoms with Crippen LogP contribution in [0.4, 0.5) is 10.5 Å². The van der Waals surface area contributed by atoms with E-state index in [1.807, 2.05) is 49.9 Å². The number of hydrogen-bond acceptors (Lipinski definition) is 3. The van der Waals surface area contributed by atoms with Gasteiger partial charge in [0.1, 0.15) is 5.60 Å². The van der Waals surface area contributed by atoms with Gasteiger partial charge in [-0.1, -0.05) is 18.2 Å². The molecule has 0 unspecified atom stereocenters. The van der Waals surface area contributed by atoms with Crippen LogP contribution in [0, 0.1) is 0 Å². The molecule has 1 aromatic rings. The van der Waals surface area contributed by atoms with Gasteiger partial charge in [0, 0.05) is 18.3 Å². The van der Waals surface area contributed by atoms with Crippen molar-refractivity contribution in [2.45, 2.75) is 51.7 Å². The molecule has 1 aliphatic carbocycles. The highest BCUT2D eigenvalue weighted by atomic mass is 16.6. The molecule has 4 nitrogen and oxygen atoms in total. The van der Waals surface area contributed by atoms with Gasteiger partial charge in [-0.3, -0.25) is 0 Å². The molecule has 0 bridgehead atoms. The number of nitrogens with two attached hydrogens (primary N) is 1. The Labute approximate surface area is 120 Å². The zero-order valence-electron chi connectivity index (χ0n) is 12.6. The first-order valence-electron chi connectivity index (χ1n) is 7.20. The van der Waals surface area contributed by atoms with Gasteiger partial charge in [-0.25, -0.2) is 4.79 Å². The molecule has 0 atom stereocenters. The van der Waals surface area contributed by atoms with Crippen molar-refractivity contribution in [1.82, 2.24) is 4.90 Å². The van der Waals surface area contributed by atoms with Gasteiger partial charge in [0.2, 0.25) is 0 Å². The fourth-order valence-electron chi connectivity index (χ4n) is 2.13. The van der Waals surface area contributed by atoms with Crippen molar-refractivity contribution in [3.8, 4) is 0 Å². The second-order valence-corrected chi connectivity index (χ2v) is 6.35. The van der Waals surface area contributed by atoms with E-state index in [1.54, 1.807) is 0 Å². The number of carbonyl (C=O) groups excluding carboxylic acids is 1. The lowest BCUT2D eigenvalue weighted by Gasteiger charge is -2.27. The Kier molecular flexibility index (Phi) is 4.21. The molecule has 1 aromatic carbocycles. The third kappa shape index (κ3) is 4.15. The topological polar surface area (TPSA) is 55.6 Å². The van der Waals surface area contributed by atoms with Gasteiger partial charge in [0.05, 0.1) is 0 Å². The highest BCUT2D eigenvalue weighted by Gasteiger charge is 2.34. The summed E-state index contributed by atoms with van der Waals surface area (Å²) in [6.07, 6.45) is 2.70. The second-order valence-electron chi connectivity index (χ2n) is 6.35. The van der Waals surface area contributed by atoms with E-state index in [1.165, 1.54) is 0 Å². The minimum Gasteiger partial charge on any atom is -0.444 e. The van der Waals surface area contributed by atoms with Gasteiger partial charge < -0.3 is 15.4 Å². The molecule has 2 N–H and O–H groups in total. The third-order valence-corrected chi connectivity index (χ3v) is 3.29. The van der Waals surface area contributed by atoms with Crippen LogP contribution in [-0.2, 0) is 11.2 Å². The Morgan fingerprint density at radius 3 is 2.55 bits per heavy atom. The van der Waals surface area contributed by atoms with Crippen LogP contribution in [0.25, 0.3) is 0 Å². The summed E-state index contributed by atoms with van der Waals surface area (Å²) in [4.78, 5) is 14.1. The van der Waals surface area contributed by atoms with E-state index >= 15 is 0 Å². The number of benzene rings is 1. The average Bonchev–Trinajstić information content (AvgIpc) is 3.13. The number of anilines is 1. The normalized spacial score (nSPS) is 14.9. The Morgan fingerprint density at radius 1 is 1.35 bits per heavy atom. The van der Waals surface area contributed by atoms with Crippen LogP contribution in [-0.4, -0.2) is 29.2 Å². The zero-order chi connectivity index (χ0) is 14.8. The number of rotatable bonds is 4. The quantitative estimate of drug-likeness (QED) is 0.859. The smallest absolute Gasteiger partial charge is 0.410 e. The van der Waals surface area contributed by atoms with Crippen LogP contribution >= 0.6 is 0 Å². The second kappa shape index (κ2) is 5.73. The number of para-hydroxylation sites is 1. The lowest BCUT2D eigenvalue weighted by Crippen LogP contribution is -2.39. The van der Waals surface area contributed by atoms with Gasteiger partial charge in [-0.05, 0) is 51.7 Å². The van der Waals surface area contributed by atoms with E-state index in [-0.39, 0.29) is 6.09 Å². The van der Waals surface area contributed by atoms with E-state index in [0.29, 0.717) is 12.6 Å².